The molecule has 0 fully saturated rings. The van der Waals surface area contributed by atoms with Crippen LogP contribution in [0.25, 0.3) is 0 Å². The Labute approximate surface area is 92.0 Å². The molecule has 88 valence electrons. The van der Waals surface area contributed by atoms with E-state index in [1.165, 1.54) is 26.4 Å². The number of esters is 1. The number of aliphatic hydroxyl groups excluding tert-OH is 1. The second-order valence-corrected chi connectivity index (χ2v) is 2.81. The Bertz CT molecular complexity index is 387. The van der Waals surface area contributed by atoms with Crippen LogP contribution in [0.15, 0.2) is 12.1 Å². The van der Waals surface area contributed by atoms with Crippen molar-refractivity contribution in [1.29, 1.82) is 0 Å². The Kier molecular flexibility index (Phi) is 3.96. The molecule has 0 bridgehead atoms. The molecule has 0 saturated heterocycles. The normalized spacial score (nSPS) is 9.69. The largest absolute Gasteiger partial charge is 0.504 e. The summed E-state index contributed by atoms with van der Waals surface area (Å²) in [6.07, 6.45) is 0. The SMILES string of the molecule is COc1cc(O)c(OC)c(OC(=O)CO)c1. The molecule has 0 aromatic heterocycles. The van der Waals surface area contributed by atoms with Crippen LogP contribution in [0.2, 0.25) is 0 Å². The first-order chi connectivity index (χ1) is 7.62. The highest BCUT2D eigenvalue weighted by Crippen LogP contribution is 2.40. The van der Waals surface area contributed by atoms with Gasteiger partial charge in [-0.3, -0.25) is 0 Å². The number of methoxy groups -OCH3 is 2. The van der Waals surface area contributed by atoms with E-state index in [0.29, 0.717) is 5.75 Å². The zero-order valence-corrected chi connectivity index (χ0v) is 8.89. The molecular formula is C10H12O6. The minimum Gasteiger partial charge on any atom is -0.504 e. The minimum absolute atomic E-state index is 0.00241. The molecule has 0 atom stereocenters. The molecule has 1 aromatic rings. The lowest BCUT2D eigenvalue weighted by Gasteiger charge is -2.11. The van der Waals surface area contributed by atoms with Crippen LogP contribution in [-0.4, -0.2) is 37.0 Å². The van der Waals surface area contributed by atoms with Gasteiger partial charge in [-0.05, 0) is 0 Å². The van der Waals surface area contributed by atoms with E-state index in [4.69, 9.17) is 19.3 Å². The molecule has 0 heterocycles. The maximum Gasteiger partial charge on any atom is 0.337 e. The van der Waals surface area contributed by atoms with E-state index in [9.17, 15) is 9.90 Å². The van der Waals surface area contributed by atoms with Crippen LogP contribution in [0.5, 0.6) is 23.0 Å². The number of phenols is 1. The van der Waals surface area contributed by atoms with Gasteiger partial charge in [0.15, 0.2) is 11.5 Å². The fourth-order valence-electron chi connectivity index (χ4n) is 1.12. The smallest absolute Gasteiger partial charge is 0.337 e. The third-order valence-corrected chi connectivity index (χ3v) is 1.80. The average Bonchev–Trinajstić information content (AvgIpc) is 2.28. The second kappa shape index (κ2) is 5.22. The van der Waals surface area contributed by atoms with E-state index >= 15 is 0 Å². The zero-order valence-electron chi connectivity index (χ0n) is 8.89. The minimum atomic E-state index is -0.856. The van der Waals surface area contributed by atoms with Gasteiger partial charge < -0.3 is 24.4 Å². The van der Waals surface area contributed by atoms with Gasteiger partial charge in [0.2, 0.25) is 5.75 Å². The number of benzene rings is 1. The molecule has 0 saturated carbocycles. The molecule has 16 heavy (non-hydrogen) atoms. The van der Waals surface area contributed by atoms with Gasteiger partial charge in [-0.2, -0.15) is 0 Å². The number of ether oxygens (including phenoxy) is 3. The third-order valence-electron chi connectivity index (χ3n) is 1.80. The molecule has 1 rings (SSSR count). The first-order valence-corrected chi connectivity index (χ1v) is 4.39. The average molecular weight is 228 g/mol. The number of aliphatic hydroxyl groups is 1. The van der Waals surface area contributed by atoms with Crippen molar-refractivity contribution in [1.82, 2.24) is 0 Å². The summed E-state index contributed by atoms with van der Waals surface area (Å²) in [5.74, 6) is -0.784. The van der Waals surface area contributed by atoms with Gasteiger partial charge in [0.05, 0.1) is 14.2 Å². The standard InChI is InChI=1S/C10H12O6/c1-14-6-3-7(12)10(15-2)8(4-6)16-9(13)5-11/h3-4,11-12H,5H2,1-2H3. The summed E-state index contributed by atoms with van der Waals surface area (Å²) in [7, 11) is 2.72. The number of carbonyl (C=O) groups is 1. The summed E-state index contributed by atoms with van der Waals surface area (Å²) < 4.78 is 14.5. The molecule has 0 aliphatic rings. The van der Waals surface area contributed by atoms with E-state index in [2.05, 4.69) is 0 Å². The fourth-order valence-corrected chi connectivity index (χ4v) is 1.12. The summed E-state index contributed by atoms with van der Waals surface area (Å²) in [5.41, 5.74) is 0. The molecule has 1 aromatic carbocycles. The number of aromatic hydroxyl groups is 1. The van der Waals surface area contributed by atoms with Gasteiger partial charge in [-0.1, -0.05) is 0 Å². The van der Waals surface area contributed by atoms with Crippen LogP contribution < -0.4 is 14.2 Å². The number of phenolic OH excluding ortho intramolecular Hbond substituents is 1. The summed E-state index contributed by atoms with van der Waals surface area (Å²) in [6.45, 7) is -0.763. The molecule has 0 amide bonds. The van der Waals surface area contributed by atoms with Gasteiger partial charge >= 0.3 is 5.97 Å². The van der Waals surface area contributed by atoms with Crippen molar-refractivity contribution in [2.45, 2.75) is 0 Å². The van der Waals surface area contributed by atoms with E-state index in [0.717, 1.165) is 0 Å². The Morgan fingerprint density at radius 3 is 2.50 bits per heavy atom. The van der Waals surface area contributed by atoms with E-state index in [-0.39, 0.29) is 17.2 Å². The molecule has 0 radical (unpaired) electrons. The number of carbonyl (C=O) groups excluding carboxylic acids is 1. The topological polar surface area (TPSA) is 85.2 Å². The van der Waals surface area contributed by atoms with Gasteiger partial charge in [0, 0.05) is 12.1 Å². The Balaban J connectivity index is 3.12. The molecule has 0 aliphatic heterocycles. The number of hydrogen-bond donors (Lipinski definition) is 2. The van der Waals surface area contributed by atoms with Crippen molar-refractivity contribution in [3.63, 3.8) is 0 Å². The molecule has 0 spiro atoms. The summed E-state index contributed by atoms with van der Waals surface area (Å²) >= 11 is 0. The predicted octanol–water partition coefficient (Wildman–Crippen LogP) is 0.307. The molecule has 6 nitrogen and oxygen atoms in total. The maximum absolute atomic E-state index is 10.9. The van der Waals surface area contributed by atoms with Gasteiger partial charge in [0.25, 0.3) is 0 Å². The Hall–Kier alpha value is -1.95. The molecule has 0 aliphatic carbocycles. The lowest BCUT2D eigenvalue weighted by molar-refractivity contribution is -0.137. The third kappa shape index (κ3) is 2.54. The second-order valence-electron chi connectivity index (χ2n) is 2.81. The monoisotopic (exact) mass is 228 g/mol. The van der Waals surface area contributed by atoms with E-state index in [1.54, 1.807) is 0 Å². The van der Waals surface area contributed by atoms with Gasteiger partial charge in [0.1, 0.15) is 12.4 Å². The molecule has 0 unspecified atom stereocenters. The molecular weight excluding hydrogens is 216 g/mol. The van der Waals surface area contributed by atoms with Crippen molar-refractivity contribution in [3.8, 4) is 23.0 Å². The number of rotatable bonds is 4. The van der Waals surface area contributed by atoms with Gasteiger partial charge in [-0.25, -0.2) is 4.79 Å². The van der Waals surface area contributed by atoms with Crippen molar-refractivity contribution >= 4 is 5.97 Å². The predicted molar refractivity (Wildman–Crippen MR) is 53.9 cm³/mol. The van der Waals surface area contributed by atoms with Crippen LogP contribution in [0.3, 0.4) is 0 Å². The van der Waals surface area contributed by atoms with E-state index in [1.807, 2.05) is 0 Å². The highest BCUT2D eigenvalue weighted by atomic mass is 16.6. The molecule has 2 N–H and O–H groups in total. The number of hydrogen-bond acceptors (Lipinski definition) is 6. The van der Waals surface area contributed by atoms with Crippen LogP contribution in [-0.2, 0) is 4.79 Å². The summed E-state index contributed by atoms with van der Waals surface area (Å²) in [6, 6.07) is 2.68. The van der Waals surface area contributed by atoms with Crippen LogP contribution >= 0.6 is 0 Å². The molecule has 6 heteroatoms. The van der Waals surface area contributed by atoms with Crippen molar-refractivity contribution in [2.24, 2.45) is 0 Å². The Morgan fingerprint density at radius 2 is 2.00 bits per heavy atom. The van der Waals surface area contributed by atoms with Crippen molar-refractivity contribution < 1.29 is 29.2 Å². The summed E-state index contributed by atoms with van der Waals surface area (Å²) in [4.78, 5) is 10.9. The van der Waals surface area contributed by atoms with Crippen LogP contribution in [0, 0.1) is 0 Å². The highest BCUT2D eigenvalue weighted by Gasteiger charge is 2.15. The van der Waals surface area contributed by atoms with Gasteiger partial charge in [-0.15, -0.1) is 0 Å². The van der Waals surface area contributed by atoms with Crippen molar-refractivity contribution in [2.75, 3.05) is 20.8 Å². The van der Waals surface area contributed by atoms with Crippen LogP contribution in [0.1, 0.15) is 0 Å². The lowest BCUT2D eigenvalue weighted by Crippen LogP contribution is -2.12. The Morgan fingerprint density at radius 1 is 1.31 bits per heavy atom. The fraction of sp³-hybridized carbons (Fsp3) is 0.300. The maximum atomic E-state index is 10.9. The lowest BCUT2D eigenvalue weighted by atomic mass is 10.2. The first-order valence-electron chi connectivity index (χ1n) is 4.39. The quantitative estimate of drug-likeness (QED) is 0.569. The van der Waals surface area contributed by atoms with Crippen LogP contribution in [0.4, 0.5) is 0 Å². The highest BCUT2D eigenvalue weighted by molar-refractivity contribution is 5.75. The van der Waals surface area contributed by atoms with E-state index < -0.39 is 12.6 Å². The summed E-state index contributed by atoms with van der Waals surface area (Å²) in [5, 5.41) is 18.1. The van der Waals surface area contributed by atoms with Crippen molar-refractivity contribution in [3.05, 3.63) is 12.1 Å². The zero-order chi connectivity index (χ0) is 12.1. The first kappa shape index (κ1) is 12.1.